The Morgan fingerprint density at radius 3 is 2.64 bits per heavy atom. The molecule has 1 amide bonds. The van der Waals surface area contributed by atoms with Gasteiger partial charge in [0.15, 0.2) is 5.82 Å². The Morgan fingerprint density at radius 2 is 2.04 bits per heavy atom. The number of carbonyl (C=O) groups is 1. The van der Waals surface area contributed by atoms with Crippen LogP contribution in [0.5, 0.6) is 0 Å². The normalized spacial score (nSPS) is 12.4. The molecule has 0 saturated carbocycles. The van der Waals surface area contributed by atoms with Crippen molar-refractivity contribution in [1.82, 2.24) is 20.1 Å². The van der Waals surface area contributed by atoms with Gasteiger partial charge in [0, 0.05) is 11.1 Å². The van der Waals surface area contributed by atoms with Crippen LogP contribution in [0.3, 0.4) is 0 Å². The summed E-state index contributed by atoms with van der Waals surface area (Å²) in [5.74, 6) is 0.669. The van der Waals surface area contributed by atoms with Gasteiger partial charge >= 0.3 is 0 Å². The fraction of sp³-hybridized carbons (Fsp3) is 0.278. The smallest absolute Gasteiger partial charge is 0.255 e. The average molecular weight is 375 g/mol. The molecule has 1 atom stereocenters. The molecule has 3 aromatic heterocycles. The molecule has 3 aromatic rings. The van der Waals surface area contributed by atoms with Crippen molar-refractivity contribution >= 4 is 28.8 Å². The van der Waals surface area contributed by atoms with Crippen molar-refractivity contribution < 1.29 is 4.79 Å². The van der Waals surface area contributed by atoms with E-state index in [2.05, 4.69) is 15.4 Å². The lowest BCUT2D eigenvalue weighted by Crippen LogP contribution is -2.27. The van der Waals surface area contributed by atoms with Gasteiger partial charge in [0.05, 0.1) is 27.8 Å². The lowest BCUT2D eigenvalue weighted by Gasteiger charge is -2.15. The molecule has 25 heavy (non-hydrogen) atoms. The first kappa shape index (κ1) is 17.6. The first-order valence-electron chi connectivity index (χ1n) is 8.02. The van der Waals surface area contributed by atoms with Gasteiger partial charge in [0.1, 0.15) is 0 Å². The van der Waals surface area contributed by atoms with Crippen LogP contribution in [0.15, 0.2) is 42.7 Å². The number of halogens is 1. The number of nitrogens with zero attached hydrogens (tertiary/aromatic N) is 3. The first-order valence-corrected chi connectivity index (χ1v) is 9.22. The molecule has 5 nitrogen and oxygen atoms in total. The largest absolute Gasteiger partial charge is 0.345 e. The highest BCUT2D eigenvalue weighted by atomic mass is 35.5. The van der Waals surface area contributed by atoms with Crippen molar-refractivity contribution in [3.05, 3.63) is 63.2 Å². The summed E-state index contributed by atoms with van der Waals surface area (Å²) in [5.41, 5.74) is 1.41. The second-order valence-electron chi connectivity index (χ2n) is 6.03. The van der Waals surface area contributed by atoms with Gasteiger partial charge in [-0.25, -0.2) is 9.67 Å². The molecule has 3 rings (SSSR count). The zero-order valence-corrected chi connectivity index (χ0v) is 15.8. The van der Waals surface area contributed by atoms with E-state index in [4.69, 9.17) is 11.6 Å². The molecule has 0 aliphatic heterocycles. The molecule has 0 spiro atoms. The average Bonchev–Trinajstić information content (AvgIpc) is 3.22. The maximum Gasteiger partial charge on any atom is 0.255 e. The van der Waals surface area contributed by atoms with Crippen molar-refractivity contribution in [3.63, 3.8) is 0 Å². The number of pyridine rings is 1. The van der Waals surface area contributed by atoms with E-state index in [-0.39, 0.29) is 17.9 Å². The molecule has 7 heteroatoms. The van der Waals surface area contributed by atoms with E-state index in [0.29, 0.717) is 15.7 Å². The predicted molar refractivity (Wildman–Crippen MR) is 101 cm³/mol. The zero-order valence-electron chi connectivity index (χ0n) is 14.2. The van der Waals surface area contributed by atoms with Gasteiger partial charge < -0.3 is 5.32 Å². The summed E-state index contributed by atoms with van der Waals surface area (Å²) in [4.78, 5) is 18.1. The number of nitrogens with one attached hydrogen (secondary N) is 1. The van der Waals surface area contributed by atoms with Gasteiger partial charge in [0.2, 0.25) is 0 Å². The van der Waals surface area contributed by atoms with E-state index < -0.39 is 0 Å². The highest BCUT2D eigenvalue weighted by Crippen LogP contribution is 2.28. The van der Waals surface area contributed by atoms with Gasteiger partial charge in [-0.05, 0) is 37.1 Å². The molecular formula is C18H19ClN4OS. The number of hydrogen-bond donors (Lipinski definition) is 1. The summed E-state index contributed by atoms with van der Waals surface area (Å²) >= 11 is 7.45. The van der Waals surface area contributed by atoms with E-state index in [9.17, 15) is 4.79 Å². The Balaban J connectivity index is 1.89. The summed E-state index contributed by atoms with van der Waals surface area (Å²) < 4.78 is 2.44. The van der Waals surface area contributed by atoms with E-state index in [1.165, 1.54) is 11.3 Å². The molecule has 0 fully saturated rings. The lowest BCUT2D eigenvalue weighted by molar-refractivity contribution is 0.0939. The molecule has 130 valence electrons. The third-order valence-electron chi connectivity index (χ3n) is 3.83. The monoisotopic (exact) mass is 374 g/mol. The Labute approximate surface area is 155 Å². The fourth-order valence-corrected chi connectivity index (χ4v) is 3.72. The number of thiophene rings is 1. The highest BCUT2D eigenvalue weighted by molar-refractivity contribution is 7.16. The quantitative estimate of drug-likeness (QED) is 0.710. The summed E-state index contributed by atoms with van der Waals surface area (Å²) in [5, 5.41) is 7.41. The minimum Gasteiger partial charge on any atom is -0.345 e. The topological polar surface area (TPSA) is 59.8 Å². The molecule has 0 aliphatic rings. The second kappa shape index (κ2) is 7.37. The van der Waals surface area contributed by atoms with Gasteiger partial charge in [0.25, 0.3) is 5.91 Å². The van der Waals surface area contributed by atoms with Crippen LogP contribution in [-0.4, -0.2) is 20.7 Å². The Kier molecular flexibility index (Phi) is 5.20. The minimum atomic E-state index is -0.150. The Bertz CT molecular complexity index is 872. The van der Waals surface area contributed by atoms with Gasteiger partial charge in [-0.3, -0.25) is 4.79 Å². The molecule has 3 heterocycles. The van der Waals surface area contributed by atoms with Gasteiger partial charge in [-0.1, -0.05) is 31.5 Å². The van der Waals surface area contributed by atoms with Crippen LogP contribution in [0.4, 0.5) is 0 Å². The van der Waals surface area contributed by atoms with Crippen molar-refractivity contribution in [1.29, 1.82) is 0 Å². The van der Waals surface area contributed by atoms with Gasteiger partial charge in [-0.15, -0.1) is 11.3 Å². The van der Waals surface area contributed by atoms with E-state index in [1.807, 2.05) is 51.1 Å². The van der Waals surface area contributed by atoms with E-state index >= 15 is 0 Å². The van der Waals surface area contributed by atoms with Crippen molar-refractivity contribution in [2.24, 2.45) is 0 Å². The maximum absolute atomic E-state index is 12.8. The number of rotatable bonds is 5. The van der Waals surface area contributed by atoms with Crippen LogP contribution in [0, 0.1) is 0 Å². The molecule has 0 aromatic carbocycles. The molecule has 1 unspecified atom stereocenters. The lowest BCUT2D eigenvalue weighted by atomic mass is 10.0. The second-order valence-corrected chi connectivity index (χ2v) is 7.78. The summed E-state index contributed by atoms with van der Waals surface area (Å²) in [7, 11) is 0. The summed E-state index contributed by atoms with van der Waals surface area (Å²) in [6.45, 7) is 6.02. The molecule has 0 bridgehead atoms. The third kappa shape index (κ3) is 3.75. The first-order chi connectivity index (χ1) is 12.0. The van der Waals surface area contributed by atoms with Gasteiger partial charge in [-0.2, -0.15) is 5.10 Å². The zero-order chi connectivity index (χ0) is 18.0. The van der Waals surface area contributed by atoms with Crippen LogP contribution < -0.4 is 5.32 Å². The molecule has 0 saturated heterocycles. The van der Waals surface area contributed by atoms with E-state index in [0.717, 1.165) is 10.6 Å². The summed E-state index contributed by atoms with van der Waals surface area (Å²) in [6.07, 6.45) is 3.32. The minimum absolute atomic E-state index is 0.122. The molecule has 0 aliphatic carbocycles. The Hall–Kier alpha value is -2.18. The maximum atomic E-state index is 12.8. The fourth-order valence-electron chi connectivity index (χ4n) is 2.66. The molecule has 1 N–H and O–H groups in total. The van der Waals surface area contributed by atoms with Crippen molar-refractivity contribution in [2.75, 3.05) is 0 Å². The van der Waals surface area contributed by atoms with Crippen molar-refractivity contribution in [3.8, 4) is 5.82 Å². The number of carbonyl (C=O) groups excluding carboxylic acids is 1. The van der Waals surface area contributed by atoms with Crippen LogP contribution >= 0.6 is 22.9 Å². The van der Waals surface area contributed by atoms with Crippen LogP contribution in [0.2, 0.25) is 4.34 Å². The standard InChI is InChI=1S/C18H19ClN4OS/c1-11(2)17-13(10-21-23(17)16-6-4-5-9-20-16)18(24)22-12(3)14-7-8-15(19)25-14/h4-12H,1-3H3,(H,22,24). The van der Waals surface area contributed by atoms with E-state index in [1.54, 1.807) is 17.1 Å². The SMILES string of the molecule is CC(C)c1c(C(=O)NC(C)c2ccc(Cl)s2)cnn1-c1ccccn1. The number of amides is 1. The number of aromatic nitrogens is 3. The number of hydrogen-bond acceptors (Lipinski definition) is 4. The summed E-state index contributed by atoms with van der Waals surface area (Å²) in [6, 6.07) is 9.27. The highest BCUT2D eigenvalue weighted by Gasteiger charge is 2.23. The van der Waals surface area contributed by atoms with Crippen LogP contribution in [0.25, 0.3) is 5.82 Å². The van der Waals surface area contributed by atoms with Crippen molar-refractivity contribution in [2.45, 2.75) is 32.7 Å². The molecule has 0 radical (unpaired) electrons. The Morgan fingerprint density at radius 1 is 1.24 bits per heavy atom. The van der Waals surface area contributed by atoms with Crippen LogP contribution in [0.1, 0.15) is 53.7 Å². The molecular weight excluding hydrogens is 356 g/mol. The third-order valence-corrected chi connectivity index (χ3v) is 5.25. The predicted octanol–water partition coefficient (Wildman–Crippen LogP) is 4.60. The van der Waals surface area contributed by atoms with Crippen LogP contribution in [-0.2, 0) is 0 Å².